The van der Waals surface area contributed by atoms with Gasteiger partial charge in [-0.25, -0.2) is 0 Å². The van der Waals surface area contributed by atoms with Crippen LogP contribution in [0.25, 0.3) is 0 Å². The van der Waals surface area contributed by atoms with E-state index < -0.39 is 32.5 Å². The molecule has 62 heavy (non-hydrogen) atoms. The van der Waals surface area contributed by atoms with Gasteiger partial charge in [-0.15, -0.1) is 0 Å². The molecule has 0 aromatic heterocycles. The Balaban J connectivity index is 4.45. The van der Waals surface area contributed by atoms with Gasteiger partial charge in [0.2, 0.25) is 0 Å². The third kappa shape index (κ3) is 46.2. The molecule has 0 spiro atoms. The van der Waals surface area contributed by atoms with Crippen molar-refractivity contribution in [3.63, 3.8) is 0 Å². The summed E-state index contributed by atoms with van der Waals surface area (Å²) in [5.74, 6) is -0.908. The average Bonchev–Trinajstić information content (AvgIpc) is 3.23. The average molecular weight is 884 g/mol. The number of esters is 2. The molecular formula is C52H86NO8P. The van der Waals surface area contributed by atoms with Gasteiger partial charge in [0.25, 0.3) is 7.82 Å². The molecule has 0 fully saturated rings. The van der Waals surface area contributed by atoms with E-state index in [1.807, 2.05) is 21.1 Å². The smallest absolute Gasteiger partial charge is 0.306 e. The highest BCUT2D eigenvalue weighted by Gasteiger charge is 2.21. The summed E-state index contributed by atoms with van der Waals surface area (Å²) < 4.78 is 33.9. The minimum absolute atomic E-state index is 0.0480. The quantitative estimate of drug-likeness (QED) is 0.0196. The highest BCUT2D eigenvalue weighted by molar-refractivity contribution is 7.45. The molecule has 352 valence electrons. The number of quaternary nitrogens is 1. The van der Waals surface area contributed by atoms with Crippen molar-refractivity contribution in [1.29, 1.82) is 0 Å². The normalized spacial score (nSPS) is 14.5. The first-order valence-electron chi connectivity index (χ1n) is 23.6. The van der Waals surface area contributed by atoms with Gasteiger partial charge >= 0.3 is 11.9 Å². The molecule has 0 aliphatic rings. The van der Waals surface area contributed by atoms with Crippen molar-refractivity contribution < 1.29 is 42.1 Å². The summed E-state index contributed by atoms with van der Waals surface area (Å²) in [6.07, 6.45) is 58.3. The summed E-state index contributed by atoms with van der Waals surface area (Å²) in [7, 11) is 1.11. The zero-order valence-electron chi connectivity index (χ0n) is 39.5. The number of rotatable bonds is 41. The van der Waals surface area contributed by atoms with E-state index >= 15 is 0 Å². The minimum atomic E-state index is -4.65. The summed E-state index contributed by atoms with van der Waals surface area (Å²) in [5, 5.41) is 0. The van der Waals surface area contributed by atoms with Gasteiger partial charge in [0, 0.05) is 12.8 Å². The number of hydrogen-bond acceptors (Lipinski definition) is 8. The Bertz CT molecular complexity index is 1420. The van der Waals surface area contributed by atoms with Crippen LogP contribution in [0.5, 0.6) is 0 Å². The number of unbranched alkanes of at least 4 members (excludes halogenated alkanes) is 9. The third-order valence-corrected chi connectivity index (χ3v) is 10.3. The second kappa shape index (κ2) is 42.9. The van der Waals surface area contributed by atoms with Crippen LogP contribution in [-0.4, -0.2) is 70.0 Å². The fourth-order valence-corrected chi connectivity index (χ4v) is 6.40. The fourth-order valence-electron chi connectivity index (χ4n) is 5.67. The maximum atomic E-state index is 12.7. The Morgan fingerprint density at radius 3 is 1.32 bits per heavy atom. The lowest BCUT2D eigenvalue weighted by molar-refractivity contribution is -0.870. The van der Waals surface area contributed by atoms with Gasteiger partial charge in [0.15, 0.2) is 6.10 Å². The number of ether oxygens (including phenoxy) is 2. The Kier molecular flexibility index (Phi) is 40.6. The maximum absolute atomic E-state index is 12.7. The number of phosphoric acid groups is 1. The van der Waals surface area contributed by atoms with Crippen LogP contribution in [0, 0.1) is 0 Å². The van der Waals surface area contributed by atoms with Crippen molar-refractivity contribution in [3.05, 3.63) is 109 Å². The van der Waals surface area contributed by atoms with Gasteiger partial charge in [0.05, 0.1) is 27.7 Å². The van der Waals surface area contributed by atoms with Crippen LogP contribution < -0.4 is 4.89 Å². The zero-order valence-corrected chi connectivity index (χ0v) is 40.4. The van der Waals surface area contributed by atoms with E-state index in [1.54, 1.807) is 0 Å². The zero-order chi connectivity index (χ0) is 45.7. The topological polar surface area (TPSA) is 111 Å². The lowest BCUT2D eigenvalue weighted by atomic mass is 10.1. The number of hydrogen-bond donors (Lipinski definition) is 0. The fraction of sp³-hybridized carbons (Fsp3) is 0.615. The van der Waals surface area contributed by atoms with Gasteiger partial charge in [0.1, 0.15) is 19.8 Å². The van der Waals surface area contributed by atoms with Crippen LogP contribution in [0.1, 0.15) is 155 Å². The molecule has 2 atom stereocenters. The lowest BCUT2D eigenvalue weighted by Crippen LogP contribution is -2.37. The molecule has 0 aromatic carbocycles. The molecule has 0 bridgehead atoms. The molecule has 10 heteroatoms. The molecule has 0 rings (SSSR count). The van der Waals surface area contributed by atoms with Crippen LogP contribution in [0.3, 0.4) is 0 Å². The van der Waals surface area contributed by atoms with E-state index in [0.717, 1.165) is 96.3 Å². The Hall–Kier alpha value is -3.33. The maximum Gasteiger partial charge on any atom is 0.306 e. The number of allylic oxidation sites excluding steroid dienone is 18. The summed E-state index contributed by atoms with van der Waals surface area (Å²) in [4.78, 5) is 37.6. The molecular weight excluding hydrogens is 798 g/mol. The second-order valence-electron chi connectivity index (χ2n) is 16.4. The van der Waals surface area contributed by atoms with Gasteiger partial charge in [-0.3, -0.25) is 14.2 Å². The molecule has 0 N–H and O–H groups in total. The van der Waals surface area contributed by atoms with Crippen molar-refractivity contribution in [2.24, 2.45) is 0 Å². The van der Waals surface area contributed by atoms with Crippen LogP contribution in [0.4, 0.5) is 0 Å². The van der Waals surface area contributed by atoms with Gasteiger partial charge in [-0.1, -0.05) is 155 Å². The largest absolute Gasteiger partial charge is 0.756 e. The number of phosphoric ester groups is 1. The molecule has 0 heterocycles. The molecule has 0 saturated heterocycles. The van der Waals surface area contributed by atoms with E-state index in [1.165, 1.54) is 19.3 Å². The van der Waals surface area contributed by atoms with E-state index in [0.29, 0.717) is 23.9 Å². The highest BCUT2D eigenvalue weighted by atomic mass is 31.2. The van der Waals surface area contributed by atoms with E-state index in [4.69, 9.17) is 18.5 Å². The first-order chi connectivity index (χ1) is 30.0. The van der Waals surface area contributed by atoms with Crippen LogP contribution in [0.2, 0.25) is 0 Å². The van der Waals surface area contributed by atoms with Gasteiger partial charge < -0.3 is 27.9 Å². The molecule has 0 amide bonds. The van der Waals surface area contributed by atoms with Gasteiger partial charge in [-0.2, -0.15) is 0 Å². The van der Waals surface area contributed by atoms with Crippen LogP contribution >= 0.6 is 7.82 Å². The number of carbonyl (C=O) groups excluding carboxylic acids is 2. The first-order valence-corrected chi connectivity index (χ1v) is 25.1. The lowest BCUT2D eigenvalue weighted by Gasteiger charge is -2.28. The van der Waals surface area contributed by atoms with Crippen molar-refractivity contribution in [3.8, 4) is 0 Å². The number of likely N-dealkylation sites (N-methyl/N-ethyl adjacent to an activating group) is 1. The van der Waals surface area contributed by atoms with Gasteiger partial charge in [-0.05, 0) is 96.3 Å². The minimum Gasteiger partial charge on any atom is -0.756 e. The summed E-state index contributed by atoms with van der Waals surface area (Å²) in [6, 6.07) is 0. The summed E-state index contributed by atoms with van der Waals surface area (Å²) in [5.41, 5.74) is 0. The standard InChI is InChI=1S/C52H86NO8P/c1-6-8-10-12-14-16-18-20-22-24-25-26-27-29-31-33-35-37-39-41-43-45-52(55)61-50(49-60-62(56,57)59-47-46-53(3,4)5)48-58-51(54)44-42-40-38-36-34-32-30-28-23-21-19-17-15-13-11-9-7-2/h8-11,14-17,20-23,25-26,29,31,35,37,50H,6-7,12-13,18-19,24,27-28,30,32-34,36,38-49H2,1-5H3/b10-8-,11-9-,16-14-,17-15-,22-20-,23-21-,26-25-,31-29-,37-35-. The Labute approximate surface area is 378 Å². The van der Waals surface area contributed by atoms with Crippen molar-refractivity contribution >= 4 is 19.8 Å². The predicted molar refractivity (Wildman–Crippen MR) is 258 cm³/mol. The number of nitrogens with zero attached hydrogens (tertiary/aromatic N) is 1. The second-order valence-corrected chi connectivity index (χ2v) is 17.8. The molecule has 9 nitrogen and oxygen atoms in total. The summed E-state index contributed by atoms with van der Waals surface area (Å²) >= 11 is 0. The first kappa shape index (κ1) is 58.7. The molecule has 0 aliphatic heterocycles. The van der Waals surface area contributed by atoms with E-state index in [-0.39, 0.29) is 26.1 Å². The molecule has 0 aliphatic carbocycles. The number of carbonyl (C=O) groups is 2. The third-order valence-electron chi connectivity index (χ3n) is 9.29. The molecule has 2 unspecified atom stereocenters. The van der Waals surface area contributed by atoms with Crippen molar-refractivity contribution in [1.82, 2.24) is 0 Å². The predicted octanol–water partition coefficient (Wildman–Crippen LogP) is 13.3. The Morgan fingerprint density at radius 1 is 0.500 bits per heavy atom. The summed E-state index contributed by atoms with van der Waals surface area (Å²) in [6.45, 7) is 3.91. The molecule has 0 aromatic rings. The SMILES string of the molecule is CC/C=C\C/C=C\C/C=C\C/C=C\C/C=C\C/C=C\CCCCC(=O)OC(COC(=O)CCCCCCCCC/C=C\C/C=C\C/C=C\CC)COP(=O)([O-])OCC[N+](C)(C)C. The van der Waals surface area contributed by atoms with E-state index in [2.05, 4.69) is 123 Å². The van der Waals surface area contributed by atoms with Crippen LogP contribution in [0.15, 0.2) is 109 Å². The van der Waals surface area contributed by atoms with Crippen molar-refractivity contribution in [2.45, 2.75) is 161 Å². The van der Waals surface area contributed by atoms with Crippen LogP contribution in [-0.2, 0) is 32.7 Å². The monoisotopic (exact) mass is 884 g/mol. The van der Waals surface area contributed by atoms with E-state index in [9.17, 15) is 19.0 Å². The Morgan fingerprint density at radius 2 is 0.871 bits per heavy atom. The molecule has 0 radical (unpaired) electrons. The molecule has 0 saturated carbocycles. The highest BCUT2D eigenvalue weighted by Crippen LogP contribution is 2.38. The van der Waals surface area contributed by atoms with Crippen molar-refractivity contribution in [2.75, 3.05) is 47.5 Å².